The summed E-state index contributed by atoms with van der Waals surface area (Å²) in [6.45, 7) is 0.765. The average Bonchev–Trinajstić information content (AvgIpc) is 2.29. The molecule has 0 amide bonds. The lowest BCUT2D eigenvalue weighted by Crippen LogP contribution is -2.40. The van der Waals surface area contributed by atoms with E-state index in [0.29, 0.717) is 0 Å². The molecule has 0 aromatic rings. The number of fused-ring (bicyclic) bond motifs is 1. The molecule has 0 aromatic heterocycles. The Balaban J connectivity index is 2.10. The lowest BCUT2D eigenvalue weighted by molar-refractivity contribution is -0.0633. The quantitative estimate of drug-likeness (QED) is 0.548. The first kappa shape index (κ1) is 6.62. The van der Waals surface area contributed by atoms with Gasteiger partial charge in [-0.1, -0.05) is 12.8 Å². The first-order valence-corrected chi connectivity index (χ1v) is 4.15. The minimum atomic E-state index is -0.432. The van der Waals surface area contributed by atoms with Crippen molar-refractivity contribution in [3.63, 3.8) is 0 Å². The number of aliphatic hydroxyl groups is 1. The third-order valence-corrected chi connectivity index (χ3v) is 2.78. The summed E-state index contributed by atoms with van der Waals surface area (Å²) >= 11 is 0. The standard InChI is InChI=1S/C8H14O2/c9-8-4-2-1-3-7(8)10-6-5-8/h7,9H,1-6H2/t7-,8+/m0/s1. The van der Waals surface area contributed by atoms with E-state index in [-0.39, 0.29) is 6.10 Å². The molecule has 1 saturated heterocycles. The van der Waals surface area contributed by atoms with Gasteiger partial charge in [-0.3, -0.25) is 0 Å². The second-order valence-corrected chi connectivity index (χ2v) is 3.46. The number of hydrogen-bond donors (Lipinski definition) is 1. The molecule has 1 heterocycles. The summed E-state index contributed by atoms with van der Waals surface area (Å²) < 4.78 is 5.41. The summed E-state index contributed by atoms with van der Waals surface area (Å²) in [7, 11) is 0. The van der Waals surface area contributed by atoms with Crippen molar-refractivity contribution >= 4 is 0 Å². The highest BCUT2D eigenvalue weighted by Gasteiger charge is 2.43. The minimum absolute atomic E-state index is 0.168. The molecular weight excluding hydrogens is 128 g/mol. The summed E-state index contributed by atoms with van der Waals surface area (Å²) in [5.74, 6) is 0. The van der Waals surface area contributed by atoms with Crippen LogP contribution >= 0.6 is 0 Å². The van der Waals surface area contributed by atoms with Gasteiger partial charge in [0, 0.05) is 13.0 Å². The van der Waals surface area contributed by atoms with Crippen LogP contribution in [0.25, 0.3) is 0 Å². The maximum Gasteiger partial charge on any atom is 0.0930 e. The van der Waals surface area contributed by atoms with Gasteiger partial charge in [-0.15, -0.1) is 0 Å². The minimum Gasteiger partial charge on any atom is -0.387 e. The van der Waals surface area contributed by atoms with Crippen LogP contribution in [0.4, 0.5) is 0 Å². The highest BCUT2D eigenvalue weighted by Crippen LogP contribution is 2.37. The predicted octanol–water partition coefficient (Wildman–Crippen LogP) is 1.08. The molecule has 0 spiro atoms. The highest BCUT2D eigenvalue weighted by atomic mass is 16.5. The molecule has 0 aromatic carbocycles. The Bertz CT molecular complexity index is 135. The molecule has 2 atom stereocenters. The first-order valence-electron chi connectivity index (χ1n) is 4.15. The molecule has 58 valence electrons. The SMILES string of the molecule is O[C@@]12CCCC[C@@H]1OCC2. The van der Waals surface area contributed by atoms with E-state index in [4.69, 9.17) is 4.74 Å². The van der Waals surface area contributed by atoms with E-state index in [0.717, 1.165) is 25.9 Å². The predicted molar refractivity (Wildman–Crippen MR) is 37.8 cm³/mol. The van der Waals surface area contributed by atoms with Gasteiger partial charge >= 0.3 is 0 Å². The zero-order valence-electron chi connectivity index (χ0n) is 6.18. The fourth-order valence-corrected chi connectivity index (χ4v) is 2.09. The van der Waals surface area contributed by atoms with Crippen molar-refractivity contribution < 1.29 is 9.84 Å². The Morgan fingerprint density at radius 3 is 3.00 bits per heavy atom. The van der Waals surface area contributed by atoms with Crippen molar-refractivity contribution in [2.45, 2.75) is 43.8 Å². The van der Waals surface area contributed by atoms with E-state index in [1.807, 2.05) is 0 Å². The van der Waals surface area contributed by atoms with Gasteiger partial charge in [0.25, 0.3) is 0 Å². The van der Waals surface area contributed by atoms with Crippen LogP contribution in [0, 0.1) is 0 Å². The summed E-state index contributed by atoms with van der Waals surface area (Å²) in [6, 6.07) is 0. The maximum atomic E-state index is 9.89. The Hall–Kier alpha value is -0.0800. The molecule has 10 heavy (non-hydrogen) atoms. The second kappa shape index (κ2) is 2.21. The van der Waals surface area contributed by atoms with E-state index >= 15 is 0 Å². The zero-order chi connectivity index (χ0) is 7.03. The van der Waals surface area contributed by atoms with E-state index in [1.165, 1.54) is 12.8 Å². The van der Waals surface area contributed by atoms with Crippen LogP contribution in [0.3, 0.4) is 0 Å². The molecule has 0 bridgehead atoms. The van der Waals surface area contributed by atoms with Crippen molar-refractivity contribution in [1.29, 1.82) is 0 Å². The van der Waals surface area contributed by atoms with E-state index in [2.05, 4.69) is 0 Å². The summed E-state index contributed by atoms with van der Waals surface area (Å²) in [6.07, 6.45) is 5.45. The molecule has 1 aliphatic heterocycles. The van der Waals surface area contributed by atoms with Gasteiger partial charge < -0.3 is 9.84 Å². The molecule has 1 aliphatic carbocycles. The Morgan fingerprint density at radius 1 is 1.30 bits per heavy atom. The van der Waals surface area contributed by atoms with Gasteiger partial charge in [0.15, 0.2) is 0 Å². The third-order valence-electron chi connectivity index (χ3n) is 2.78. The largest absolute Gasteiger partial charge is 0.387 e. The molecule has 2 fully saturated rings. The van der Waals surface area contributed by atoms with Gasteiger partial charge in [-0.05, 0) is 12.8 Å². The summed E-state index contributed by atoms with van der Waals surface area (Å²) in [5.41, 5.74) is -0.432. The van der Waals surface area contributed by atoms with Crippen LogP contribution in [0.1, 0.15) is 32.1 Å². The zero-order valence-corrected chi connectivity index (χ0v) is 6.18. The van der Waals surface area contributed by atoms with Crippen molar-refractivity contribution in [3.8, 4) is 0 Å². The molecule has 2 rings (SSSR count). The molecular formula is C8H14O2. The van der Waals surface area contributed by atoms with Crippen LogP contribution in [-0.2, 0) is 4.74 Å². The molecule has 1 N–H and O–H groups in total. The number of ether oxygens (including phenoxy) is 1. The topological polar surface area (TPSA) is 29.5 Å². The molecule has 0 radical (unpaired) electrons. The van der Waals surface area contributed by atoms with Gasteiger partial charge in [-0.2, -0.15) is 0 Å². The van der Waals surface area contributed by atoms with Gasteiger partial charge in [-0.25, -0.2) is 0 Å². The lowest BCUT2D eigenvalue weighted by atomic mass is 9.82. The average molecular weight is 142 g/mol. The highest BCUT2D eigenvalue weighted by molar-refractivity contribution is 4.94. The van der Waals surface area contributed by atoms with E-state index < -0.39 is 5.60 Å². The number of hydrogen-bond acceptors (Lipinski definition) is 2. The molecule has 2 aliphatic rings. The lowest BCUT2D eigenvalue weighted by Gasteiger charge is -2.32. The van der Waals surface area contributed by atoms with Gasteiger partial charge in [0.2, 0.25) is 0 Å². The smallest absolute Gasteiger partial charge is 0.0930 e. The molecule has 0 unspecified atom stereocenters. The van der Waals surface area contributed by atoms with Gasteiger partial charge in [0.05, 0.1) is 11.7 Å². The Morgan fingerprint density at radius 2 is 2.20 bits per heavy atom. The Labute approximate surface area is 61.2 Å². The van der Waals surface area contributed by atoms with Gasteiger partial charge in [0.1, 0.15) is 0 Å². The second-order valence-electron chi connectivity index (χ2n) is 3.46. The molecule has 2 heteroatoms. The van der Waals surface area contributed by atoms with Crippen molar-refractivity contribution in [2.24, 2.45) is 0 Å². The van der Waals surface area contributed by atoms with Crippen LogP contribution in [0.2, 0.25) is 0 Å². The van der Waals surface area contributed by atoms with E-state index in [9.17, 15) is 5.11 Å². The summed E-state index contributed by atoms with van der Waals surface area (Å²) in [5, 5.41) is 9.89. The molecule has 1 saturated carbocycles. The monoisotopic (exact) mass is 142 g/mol. The fraction of sp³-hybridized carbons (Fsp3) is 1.00. The van der Waals surface area contributed by atoms with Crippen LogP contribution in [0.5, 0.6) is 0 Å². The number of rotatable bonds is 0. The van der Waals surface area contributed by atoms with Crippen molar-refractivity contribution in [3.05, 3.63) is 0 Å². The third kappa shape index (κ3) is 0.867. The van der Waals surface area contributed by atoms with Crippen molar-refractivity contribution in [1.82, 2.24) is 0 Å². The van der Waals surface area contributed by atoms with Crippen LogP contribution in [-0.4, -0.2) is 23.4 Å². The maximum absolute atomic E-state index is 9.89. The van der Waals surface area contributed by atoms with Crippen molar-refractivity contribution in [2.75, 3.05) is 6.61 Å². The first-order chi connectivity index (χ1) is 4.81. The normalized spacial score (nSPS) is 47.1. The fourth-order valence-electron chi connectivity index (χ4n) is 2.09. The van der Waals surface area contributed by atoms with E-state index in [1.54, 1.807) is 0 Å². The summed E-state index contributed by atoms with van der Waals surface area (Å²) in [4.78, 5) is 0. The van der Waals surface area contributed by atoms with Crippen LogP contribution in [0.15, 0.2) is 0 Å². The Kier molecular flexibility index (Phi) is 1.46. The van der Waals surface area contributed by atoms with Crippen LogP contribution < -0.4 is 0 Å². The molecule has 2 nitrogen and oxygen atoms in total.